The molecule has 6 rings (SSSR count). The number of nitrogens with one attached hydrogen (secondary N) is 1. The zero-order valence-electron chi connectivity index (χ0n) is 34.9. The molecule has 60 heavy (non-hydrogen) atoms. The number of amides is 1. The Balaban J connectivity index is 1.56. The normalized spacial score (nSPS) is 32.9. The fourth-order valence-corrected chi connectivity index (χ4v) is 9.75. The maximum absolute atomic E-state index is 15.4. The van der Waals surface area contributed by atoms with Gasteiger partial charge in [0.15, 0.2) is 23.6 Å². The molecule has 3 fully saturated rings. The average molecular weight is 832 g/mol. The van der Waals surface area contributed by atoms with E-state index >= 15 is 4.79 Å². The van der Waals surface area contributed by atoms with E-state index in [1.807, 2.05) is 0 Å². The monoisotopic (exact) mass is 831 g/mol. The molecule has 2 saturated carbocycles. The minimum atomic E-state index is -2.38. The van der Waals surface area contributed by atoms with Gasteiger partial charge in [-0.3, -0.25) is 19.2 Å². The van der Waals surface area contributed by atoms with E-state index in [4.69, 9.17) is 23.7 Å². The first-order valence-electron chi connectivity index (χ1n) is 19.9. The van der Waals surface area contributed by atoms with Crippen LogP contribution in [0.3, 0.4) is 0 Å². The predicted molar refractivity (Wildman–Crippen MR) is 211 cm³/mol. The third-order valence-corrected chi connectivity index (χ3v) is 13.2. The molecule has 4 N–H and O–H groups in total. The number of carbonyl (C=O) groups is 6. The highest BCUT2D eigenvalue weighted by Gasteiger charge is 2.78. The van der Waals surface area contributed by atoms with Gasteiger partial charge in [-0.2, -0.15) is 0 Å². The second kappa shape index (κ2) is 16.3. The molecule has 1 aliphatic heterocycles. The third kappa shape index (κ3) is 7.24. The molecule has 1 amide bonds. The lowest BCUT2D eigenvalue weighted by atomic mass is 9.44. The number of carbonyl (C=O) groups excluding carboxylic acids is 6. The molecular formula is C45H53NO14. The van der Waals surface area contributed by atoms with Crippen molar-refractivity contribution in [2.75, 3.05) is 6.61 Å². The van der Waals surface area contributed by atoms with Gasteiger partial charge in [-0.25, -0.2) is 9.59 Å². The van der Waals surface area contributed by atoms with E-state index in [1.54, 1.807) is 82.3 Å². The second-order valence-electron chi connectivity index (χ2n) is 17.0. The number of rotatable bonds is 10. The maximum atomic E-state index is 15.4. The fourth-order valence-electron chi connectivity index (χ4n) is 9.75. The minimum Gasteiger partial charge on any atom is -0.456 e. The largest absolute Gasteiger partial charge is 0.456 e. The number of benzene rings is 2. The van der Waals surface area contributed by atoms with Crippen LogP contribution in [0, 0.1) is 16.7 Å². The zero-order valence-corrected chi connectivity index (χ0v) is 34.9. The number of ether oxygens (including phenoxy) is 5. The maximum Gasteiger partial charge on any atom is 0.338 e. The molecular weight excluding hydrogens is 778 g/mol. The SMILES string of the molecule is C/C=C(\C)C(=O)N[C@@H](c1ccccc1)[C@@H](O)C(=O)O[C@H]1C[C@@]2(O)[C@@H](OC(=O)c3ccccc3)[C@@H]3[C@]4(OC(C)=O)CO[C@@H]4C[C@@H](O)[C@@]3(C)C(=O)[C@H](OC(C)=O)C(=C1C)C2(C)C. The number of Topliss-reactive ketones (excluding diaryl/α,β-unsaturated/α-hetero) is 1. The summed E-state index contributed by atoms with van der Waals surface area (Å²) in [6.07, 6.45) is -8.88. The Morgan fingerprint density at radius 1 is 0.917 bits per heavy atom. The highest BCUT2D eigenvalue weighted by atomic mass is 16.6. The van der Waals surface area contributed by atoms with E-state index in [2.05, 4.69) is 5.32 Å². The molecule has 2 aromatic carbocycles. The van der Waals surface area contributed by atoms with Crippen molar-refractivity contribution < 1.29 is 67.8 Å². The standard InChI is InChI=1S/C45H53NO14/c1-9-23(2)39(52)46-33(27-16-12-10-13-17-27)34(50)41(54)58-29-21-45(55)38(59-40(53)28-18-14-11-15-19-28)36-43(8,30(49)20-31-44(36,22-56-31)60-26(5)48)37(51)35(57-25(4)47)32(24(29)3)42(45,6)7/h9-19,29-31,33-36,38,49-50,55H,20-22H2,1-8H3,(H,46,52)/b23-9+/t29-,30+,31+,33-,34+,35+,36-,38-,43+,44-,45+/m0/s1. The van der Waals surface area contributed by atoms with Crippen molar-refractivity contribution in [2.24, 2.45) is 16.7 Å². The molecule has 2 aromatic rings. The number of allylic oxidation sites excluding steroid dienone is 1. The van der Waals surface area contributed by atoms with Crippen LogP contribution in [0.15, 0.2) is 83.5 Å². The van der Waals surface area contributed by atoms with Crippen LogP contribution in [-0.2, 0) is 47.7 Å². The van der Waals surface area contributed by atoms with Crippen LogP contribution in [-0.4, -0.2) is 105 Å². The molecule has 0 aromatic heterocycles. The molecule has 3 aliphatic carbocycles. The number of hydrogen-bond donors (Lipinski definition) is 4. The van der Waals surface area contributed by atoms with E-state index in [9.17, 15) is 39.3 Å². The fraction of sp³-hybridized carbons (Fsp3) is 0.511. The number of aliphatic hydroxyl groups is 3. The van der Waals surface area contributed by atoms with Crippen LogP contribution in [0.25, 0.3) is 0 Å². The molecule has 15 nitrogen and oxygen atoms in total. The summed E-state index contributed by atoms with van der Waals surface area (Å²) in [5, 5.41) is 40.0. The van der Waals surface area contributed by atoms with Crippen molar-refractivity contribution in [2.45, 2.75) is 122 Å². The molecule has 1 saturated heterocycles. The number of hydrogen-bond acceptors (Lipinski definition) is 14. The van der Waals surface area contributed by atoms with Crippen LogP contribution in [0.4, 0.5) is 0 Å². The summed E-state index contributed by atoms with van der Waals surface area (Å²) in [7, 11) is 0. The molecule has 0 spiro atoms. The molecule has 0 radical (unpaired) electrons. The quantitative estimate of drug-likeness (QED) is 0.117. The minimum absolute atomic E-state index is 0.00140. The Morgan fingerprint density at radius 3 is 2.08 bits per heavy atom. The van der Waals surface area contributed by atoms with E-state index in [1.165, 1.54) is 26.0 Å². The first-order chi connectivity index (χ1) is 28.1. The number of aliphatic hydroxyl groups excluding tert-OH is 2. The van der Waals surface area contributed by atoms with Gasteiger partial charge in [0.1, 0.15) is 23.9 Å². The third-order valence-electron chi connectivity index (χ3n) is 13.2. The van der Waals surface area contributed by atoms with Gasteiger partial charge in [0.05, 0.1) is 35.6 Å². The van der Waals surface area contributed by atoms with Crippen LogP contribution in [0.5, 0.6) is 0 Å². The van der Waals surface area contributed by atoms with Crippen molar-refractivity contribution in [3.8, 4) is 0 Å². The molecule has 4 aliphatic rings. The highest BCUT2D eigenvalue weighted by Crippen LogP contribution is 2.64. The lowest BCUT2D eigenvalue weighted by molar-refractivity contribution is -0.346. The summed E-state index contributed by atoms with van der Waals surface area (Å²) in [5.41, 5.74) is -6.91. The van der Waals surface area contributed by atoms with E-state index in [0.29, 0.717) is 11.1 Å². The first-order valence-corrected chi connectivity index (χ1v) is 19.9. The van der Waals surface area contributed by atoms with Gasteiger partial charge in [-0.05, 0) is 56.5 Å². The van der Waals surface area contributed by atoms with Crippen LogP contribution in [0.1, 0.15) is 90.2 Å². The van der Waals surface area contributed by atoms with Crippen LogP contribution < -0.4 is 5.32 Å². The van der Waals surface area contributed by atoms with Gasteiger partial charge in [-0.1, -0.05) is 68.5 Å². The number of esters is 4. The molecule has 322 valence electrons. The summed E-state index contributed by atoms with van der Waals surface area (Å²) in [4.78, 5) is 82.9. The summed E-state index contributed by atoms with van der Waals surface area (Å²) >= 11 is 0. The second-order valence-corrected chi connectivity index (χ2v) is 17.0. The smallest absolute Gasteiger partial charge is 0.338 e. The number of ketones is 1. The summed E-state index contributed by atoms with van der Waals surface area (Å²) in [5.74, 6) is -6.78. The molecule has 1 heterocycles. The molecule has 2 bridgehead atoms. The van der Waals surface area contributed by atoms with Gasteiger partial charge in [0.2, 0.25) is 5.91 Å². The lowest BCUT2D eigenvalue weighted by Gasteiger charge is -2.67. The van der Waals surface area contributed by atoms with Gasteiger partial charge < -0.3 is 44.3 Å². The lowest BCUT2D eigenvalue weighted by Crippen LogP contribution is -2.82. The Bertz CT molecular complexity index is 2110. The zero-order chi connectivity index (χ0) is 44.1. The predicted octanol–water partition coefficient (Wildman–Crippen LogP) is 3.39. The summed E-state index contributed by atoms with van der Waals surface area (Å²) in [6.45, 7) is 11.2. The Morgan fingerprint density at radius 2 is 1.53 bits per heavy atom. The molecule has 11 atom stereocenters. The van der Waals surface area contributed by atoms with Gasteiger partial charge in [-0.15, -0.1) is 0 Å². The van der Waals surface area contributed by atoms with Crippen LogP contribution >= 0.6 is 0 Å². The average Bonchev–Trinajstić information content (AvgIpc) is 3.20. The molecule has 0 unspecified atom stereocenters. The van der Waals surface area contributed by atoms with Gasteiger partial charge in [0.25, 0.3) is 0 Å². The van der Waals surface area contributed by atoms with Crippen molar-refractivity contribution in [3.05, 3.63) is 94.6 Å². The van der Waals surface area contributed by atoms with Crippen LogP contribution in [0.2, 0.25) is 0 Å². The topological polar surface area (TPSA) is 221 Å². The highest BCUT2D eigenvalue weighted by molar-refractivity contribution is 5.96. The van der Waals surface area contributed by atoms with Crippen molar-refractivity contribution >= 4 is 35.6 Å². The van der Waals surface area contributed by atoms with E-state index < -0.39 is 113 Å². The summed E-state index contributed by atoms with van der Waals surface area (Å²) < 4.78 is 30.2. The first kappa shape index (κ1) is 44.3. The van der Waals surface area contributed by atoms with E-state index in [0.717, 1.165) is 13.8 Å². The van der Waals surface area contributed by atoms with Crippen molar-refractivity contribution in [3.63, 3.8) is 0 Å². The van der Waals surface area contributed by atoms with Gasteiger partial charge in [0, 0.05) is 37.7 Å². The number of fused-ring (bicyclic) bond motifs is 5. The Labute approximate surface area is 348 Å². The van der Waals surface area contributed by atoms with Crippen molar-refractivity contribution in [1.82, 2.24) is 5.32 Å². The van der Waals surface area contributed by atoms with Gasteiger partial charge >= 0.3 is 23.9 Å². The van der Waals surface area contributed by atoms with Crippen molar-refractivity contribution in [1.29, 1.82) is 0 Å². The molecule has 15 heteroatoms. The summed E-state index contributed by atoms with van der Waals surface area (Å²) in [6, 6.07) is 14.8. The Kier molecular flexibility index (Phi) is 12.1. The van der Waals surface area contributed by atoms with E-state index in [-0.39, 0.29) is 29.7 Å². The Hall–Kier alpha value is -5.22.